The number of rotatable bonds is 5. The Morgan fingerprint density at radius 1 is 1.19 bits per heavy atom. The summed E-state index contributed by atoms with van der Waals surface area (Å²) in [6.45, 7) is 1.69. The van der Waals surface area contributed by atoms with Crippen LogP contribution in [0, 0.1) is 6.92 Å². The number of carbonyl (C=O) groups excluding carboxylic acids is 1. The summed E-state index contributed by atoms with van der Waals surface area (Å²) in [4.78, 5) is 29.9. The molecule has 162 valence electrons. The Morgan fingerprint density at radius 2 is 1.94 bits per heavy atom. The van der Waals surface area contributed by atoms with Crippen LogP contribution in [-0.4, -0.2) is 20.3 Å². The lowest BCUT2D eigenvalue weighted by molar-refractivity contribution is 0.102. The fourth-order valence-electron chi connectivity index (χ4n) is 3.21. The predicted molar refractivity (Wildman–Crippen MR) is 124 cm³/mol. The largest absolute Gasteiger partial charge is 0.456 e. The van der Waals surface area contributed by atoms with E-state index in [4.69, 9.17) is 23.4 Å². The Labute approximate surface area is 190 Å². The summed E-state index contributed by atoms with van der Waals surface area (Å²) < 4.78 is 17.0. The molecule has 2 heterocycles. The summed E-state index contributed by atoms with van der Waals surface area (Å²) in [7, 11) is 1.71. The maximum absolute atomic E-state index is 13.0. The number of hydrogen-bond donors (Lipinski definition) is 2. The molecule has 2 aromatic carbocycles. The number of ether oxygens (including phenoxy) is 1. The highest BCUT2D eigenvalue weighted by Gasteiger charge is 2.22. The smallest absolute Gasteiger partial charge is 0.284 e. The van der Waals surface area contributed by atoms with E-state index in [2.05, 4.69) is 10.3 Å². The van der Waals surface area contributed by atoms with Crippen LogP contribution in [0.25, 0.3) is 5.69 Å². The third-order valence-corrected chi connectivity index (χ3v) is 5.30. The Morgan fingerprint density at radius 3 is 2.66 bits per heavy atom. The van der Waals surface area contributed by atoms with Crippen molar-refractivity contribution in [1.29, 1.82) is 0 Å². The van der Waals surface area contributed by atoms with Crippen LogP contribution in [0.3, 0.4) is 0 Å². The second kappa shape index (κ2) is 8.60. The van der Waals surface area contributed by atoms with Gasteiger partial charge in [-0.25, -0.2) is 9.67 Å². The topological polar surface area (TPSA) is 104 Å². The second-order valence-electron chi connectivity index (χ2n) is 6.94. The highest BCUT2D eigenvalue weighted by atomic mass is 35.5. The van der Waals surface area contributed by atoms with E-state index in [0.29, 0.717) is 22.9 Å². The first kappa shape index (κ1) is 19.9. The van der Waals surface area contributed by atoms with Crippen molar-refractivity contribution in [1.82, 2.24) is 14.3 Å². The number of benzene rings is 2. The quantitative estimate of drug-likeness (QED) is 0.475. The van der Waals surface area contributed by atoms with Gasteiger partial charge in [0.15, 0.2) is 5.75 Å². The molecule has 0 unspecified atom stereocenters. The number of nitrogens with one attached hydrogen (secondary N) is 1. The Kier molecular flexibility index (Phi) is 5.35. The summed E-state index contributed by atoms with van der Waals surface area (Å²) in [5.41, 5.74) is 6.59. The maximum atomic E-state index is 13.0. The molecule has 8 nitrogen and oxygen atoms in total. The molecule has 32 heavy (non-hydrogen) atoms. The van der Waals surface area contributed by atoms with Crippen LogP contribution in [-0.2, 0) is 7.05 Å². The van der Waals surface area contributed by atoms with Crippen molar-refractivity contribution in [2.75, 3.05) is 11.1 Å². The number of para-hydroxylation sites is 1. The van der Waals surface area contributed by atoms with E-state index in [9.17, 15) is 9.59 Å². The van der Waals surface area contributed by atoms with Gasteiger partial charge in [0, 0.05) is 25.0 Å². The van der Waals surface area contributed by atoms with E-state index in [1.807, 2.05) is 18.2 Å². The summed E-state index contributed by atoms with van der Waals surface area (Å²) in [6, 6.07) is 15.1. The van der Waals surface area contributed by atoms with Crippen molar-refractivity contribution < 1.29 is 10.9 Å². The molecule has 0 radical (unpaired) electrons. The number of halogens is 1. The lowest BCUT2D eigenvalue weighted by Gasteiger charge is -2.09. The molecule has 9 heteroatoms. The van der Waals surface area contributed by atoms with Gasteiger partial charge in [-0.1, -0.05) is 29.8 Å². The summed E-state index contributed by atoms with van der Waals surface area (Å²) >= 11 is 6.09. The summed E-state index contributed by atoms with van der Waals surface area (Å²) in [6.07, 6.45) is 1.46. The molecule has 0 aliphatic carbocycles. The lowest BCUT2D eigenvalue weighted by Crippen LogP contribution is -2.25. The number of amides is 1. The van der Waals surface area contributed by atoms with Crippen molar-refractivity contribution in [3.8, 4) is 17.2 Å². The van der Waals surface area contributed by atoms with Gasteiger partial charge in [-0.05, 0) is 43.3 Å². The van der Waals surface area contributed by atoms with Crippen molar-refractivity contribution in [2.45, 2.75) is 6.92 Å². The van der Waals surface area contributed by atoms with Gasteiger partial charge in [0.25, 0.3) is 11.5 Å². The molecular formula is C23H20ClN5O3. The van der Waals surface area contributed by atoms with E-state index in [-0.39, 0.29) is 28.1 Å². The van der Waals surface area contributed by atoms with Crippen LogP contribution in [0.4, 0.5) is 11.5 Å². The van der Waals surface area contributed by atoms with Crippen molar-refractivity contribution in [3.05, 3.63) is 93.5 Å². The van der Waals surface area contributed by atoms with E-state index in [0.717, 1.165) is 0 Å². The first-order valence-electron chi connectivity index (χ1n) is 10.1. The predicted octanol–water partition coefficient (Wildman–Crippen LogP) is 4.16. The molecule has 0 saturated carbocycles. The molecule has 2 aromatic heterocycles. The van der Waals surface area contributed by atoms with Gasteiger partial charge in [-0.2, -0.15) is 0 Å². The molecule has 0 fully saturated rings. The molecule has 0 spiro atoms. The first-order chi connectivity index (χ1) is 15.8. The minimum Gasteiger partial charge on any atom is -0.456 e. The van der Waals surface area contributed by atoms with E-state index in [1.54, 1.807) is 42.9 Å². The number of nitrogen functional groups attached to an aromatic ring is 1. The number of nitrogens with zero attached hydrogens (tertiary/aromatic N) is 3. The van der Waals surface area contributed by atoms with Crippen LogP contribution in [0.2, 0.25) is 5.02 Å². The van der Waals surface area contributed by atoms with Crippen LogP contribution in [0.1, 0.15) is 17.4 Å². The van der Waals surface area contributed by atoms with E-state index >= 15 is 0 Å². The van der Waals surface area contributed by atoms with Gasteiger partial charge in [0.05, 0.1) is 12.8 Å². The second-order valence-corrected chi connectivity index (χ2v) is 7.32. The molecule has 0 saturated heterocycles. The number of pyridine rings is 1. The third-order valence-electron chi connectivity index (χ3n) is 4.92. The van der Waals surface area contributed by atoms with E-state index in [1.165, 1.54) is 23.0 Å². The molecule has 3 N–H and O–H groups in total. The zero-order chi connectivity index (χ0) is 23.7. The molecule has 4 rings (SSSR count). The Balaban J connectivity index is 1.60. The summed E-state index contributed by atoms with van der Waals surface area (Å²) in [5.74, 6) is 0.146. The fraction of sp³-hybridized carbons (Fsp3) is 0.0870. The minimum absolute atomic E-state index is 0.000113. The minimum atomic E-state index is -0.602. The Bertz CT molecular complexity index is 1420. The normalized spacial score (nSPS) is 11.2. The van der Waals surface area contributed by atoms with Crippen LogP contribution in [0.15, 0.2) is 71.6 Å². The maximum Gasteiger partial charge on any atom is 0.284 e. The SMILES string of the molecule is [2H]c1cc(Oc2ccnc(N)c2Cl)ccc1NC(=O)c1c(C)n(C)n(-c2ccccc2)c1=O. The molecule has 0 aliphatic rings. The van der Waals surface area contributed by atoms with Gasteiger partial charge >= 0.3 is 0 Å². The van der Waals surface area contributed by atoms with E-state index < -0.39 is 11.5 Å². The van der Waals surface area contributed by atoms with Crippen molar-refractivity contribution in [3.63, 3.8) is 0 Å². The zero-order valence-electron chi connectivity index (χ0n) is 18.3. The fourth-order valence-corrected chi connectivity index (χ4v) is 3.36. The van der Waals surface area contributed by atoms with Crippen molar-refractivity contribution >= 4 is 29.0 Å². The number of nitrogens with two attached hydrogens (primary N) is 1. The highest BCUT2D eigenvalue weighted by Crippen LogP contribution is 2.32. The van der Waals surface area contributed by atoms with Crippen LogP contribution in [0.5, 0.6) is 11.5 Å². The Hall–Kier alpha value is -4.04. The zero-order valence-corrected chi connectivity index (χ0v) is 18.1. The monoisotopic (exact) mass is 450 g/mol. The van der Waals surface area contributed by atoms with Crippen LogP contribution >= 0.6 is 11.6 Å². The molecule has 0 aliphatic heterocycles. The first-order valence-corrected chi connectivity index (χ1v) is 9.99. The van der Waals surface area contributed by atoms with Crippen LogP contribution < -0.4 is 21.3 Å². The van der Waals surface area contributed by atoms with Gasteiger partial charge in [-0.15, -0.1) is 0 Å². The molecule has 4 aromatic rings. The van der Waals surface area contributed by atoms with Gasteiger partial charge in [0.1, 0.15) is 22.2 Å². The lowest BCUT2D eigenvalue weighted by atomic mass is 10.2. The van der Waals surface area contributed by atoms with Crippen molar-refractivity contribution in [2.24, 2.45) is 7.05 Å². The third kappa shape index (κ3) is 3.95. The molecular weight excluding hydrogens is 430 g/mol. The van der Waals surface area contributed by atoms with Gasteiger partial charge < -0.3 is 15.8 Å². The average molecular weight is 451 g/mol. The number of aromatic nitrogens is 3. The number of anilines is 2. The highest BCUT2D eigenvalue weighted by molar-refractivity contribution is 6.34. The molecule has 0 bridgehead atoms. The van der Waals surface area contributed by atoms with Gasteiger partial charge in [-0.3, -0.25) is 14.3 Å². The number of carbonyl (C=O) groups is 1. The average Bonchev–Trinajstić information content (AvgIpc) is 3.02. The molecule has 1 amide bonds. The standard InChI is InChI=1S/C23H20ClN5O3/c1-14-19(23(31)29(28(14)2)16-6-4-3-5-7-16)22(30)27-15-8-10-17(11-9-15)32-18-12-13-26-21(25)20(18)24/h3-13H,1-2H3,(H2,25,26)(H,27,30)/i8D. The summed E-state index contributed by atoms with van der Waals surface area (Å²) in [5, 5.41) is 2.81. The molecule has 0 atom stereocenters. The number of hydrogen-bond acceptors (Lipinski definition) is 5. The van der Waals surface area contributed by atoms with Gasteiger partial charge in [0.2, 0.25) is 0 Å².